The molecular weight excluding hydrogens is 226 g/mol. The molecule has 1 unspecified atom stereocenters. The predicted octanol–water partition coefficient (Wildman–Crippen LogP) is 2.18. The Morgan fingerprint density at radius 2 is 2.25 bits per heavy atom. The topological polar surface area (TPSA) is 66.4 Å². The van der Waals surface area contributed by atoms with Gasteiger partial charge in [-0.05, 0) is 35.7 Å². The van der Waals surface area contributed by atoms with Crippen molar-refractivity contribution in [3.8, 4) is 0 Å². The van der Waals surface area contributed by atoms with Crippen LogP contribution in [0.3, 0.4) is 0 Å². The molecule has 88 valence electrons. The number of hydrogen-bond donors (Lipinski definition) is 2. The second kappa shape index (κ2) is 6.27. The lowest BCUT2D eigenvalue weighted by atomic mass is 10.1. The minimum atomic E-state index is -0.862. The van der Waals surface area contributed by atoms with Crippen LogP contribution in [0.5, 0.6) is 0 Å². The highest BCUT2D eigenvalue weighted by molar-refractivity contribution is 7.07. The summed E-state index contributed by atoms with van der Waals surface area (Å²) in [6.07, 6.45) is 0.693. The lowest BCUT2D eigenvalue weighted by molar-refractivity contribution is -0.137. The third-order valence-corrected chi connectivity index (χ3v) is 2.92. The van der Waals surface area contributed by atoms with Crippen LogP contribution in [0.15, 0.2) is 16.8 Å². The number of aliphatic carboxylic acids is 1. The van der Waals surface area contributed by atoms with Crippen molar-refractivity contribution in [1.82, 2.24) is 5.32 Å². The Morgan fingerprint density at radius 1 is 1.50 bits per heavy atom. The summed E-state index contributed by atoms with van der Waals surface area (Å²) in [4.78, 5) is 21.7. The molecule has 0 radical (unpaired) electrons. The van der Waals surface area contributed by atoms with Gasteiger partial charge in [-0.2, -0.15) is 11.3 Å². The van der Waals surface area contributed by atoms with Gasteiger partial charge in [0.05, 0.1) is 6.04 Å². The van der Waals surface area contributed by atoms with Crippen molar-refractivity contribution in [3.63, 3.8) is 0 Å². The fraction of sp³-hybridized carbons (Fsp3) is 0.455. The first kappa shape index (κ1) is 12.7. The number of hydrogen-bond acceptors (Lipinski definition) is 3. The third-order valence-electron chi connectivity index (χ3n) is 2.22. The molecule has 0 bridgehead atoms. The maximum Gasteiger partial charge on any atom is 0.303 e. The van der Waals surface area contributed by atoms with Gasteiger partial charge in [-0.3, -0.25) is 9.59 Å². The summed E-state index contributed by atoms with van der Waals surface area (Å²) >= 11 is 1.59. The van der Waals surface area contributed by atoms with Crippen molar-refractivity contribution < 1.29 is 14.7 Å². The van der Waals surface area contributed by atoms with Crippen LogP contribution in [0.25, 0.3) is 0 Å². The zero-order valence-electron chi connectivity index (χ0n) is 9.10. The van der Waals surface area contributed by atoms with Gasteiger partial charge in [-0.15, -0.1) is 0 Å². The van der Waals surface area contributed by atoms with Crippen LogP contribution in [0, 0.1) is 0 Å². The molecule has 1 heterocycles. The average Bonchev–Trinajstić information content (AvgIpc) is 2.69. The van der Waals surface area contributed by atoms with E-state index in [0.29, 0.717) is 6.42 Å². The van der Waals surface area contributed by atoms with Gasteiger partial charge in [0.15, 0.2) is 0 Å². The van der Waals surface area contributed by atoms with E-state index in [2.05, 4.69) is 5.32 Å². The van der Waals surface area contributed by atoms with Crippen molar-refractivity contribution >= 4 is 23.2 Å². The van der Waals surface area contributed by atoms with Gasteiger partial charge in [0.2, 0.25) is 5.91 Å². The van der Waals surface area contributed by atoms with E-state index in [1.54, 1.807) is 11.3 Å². The molecule has 0 aliphatic rings. The maximum atomic E-state index is 11.4. The van der Waals surface area contributed by atoms with Crippen molar-refractivity contribution in [3.05, 3.63) is 22.4 Å². The molecular formula is C11H15NO3S. The zero-order chi connectivity index (χ0) is 12.0. The largest absolute Gasteiger partial charge is 0.481 e. The normalized spacial score (nSPS) is 12.1. The van der Waals surface area contributed by atoms with E-state index in [9.17, 15) is 9.59 Å². The van der Waals surface area contributed by atoms with Gasteiger partial charge in [0.1, 0.15) is 0 Å². The van der Waals surface area contributed by atoms with Crippen LogP contribution < -0.4 is 5.32 Å². The third kappa shape index (κ3) is 4.44. The van der Waals surface area contributed by atoms with E-state index in [1.807, 2.05) is 23.8 Å². The number of carboxylic acids is 1. The summed E-state index contributed by atoms with van der Waals surface area (Å²) in [7, 11) is 0. The molecule has 2 N–H and O–H groups in total. The molecule has 0 saturated carbocycles. The highest BCUT2D eigenvalue weighted by Gasteiger charge is 2.09. The van der Waals surface area contributed by atoms with Gasteiger partial charge < -0.3 is 10.4 Å². The van der Waals surface area contributed by atoms with Crippen LogP contribution >= 0.6 is 11.3 Å². The minimum Gasteiger partial charge on any atom is -0.481 e. The Hall–Kier alpha value is -1.36. The summed E-state index contributed by atoms with van der Waals surface area (Å²) in [5.41, 5.74) is 1.08. The van der Waals surface area contributed by atoms with Crippen molar-refractivity contribution in [1.29, 1.82) is 0 Å². The molecule has 0 spiro atoms. The predicted molar refractivity (Wildman–Crippen MR) is 62.4 cm³/mol. The highest BCUT2D eigenvalue weighted by Crippen LogP contribution is 2.15. The fourth-order valence-corrected chi connectivity index (χ4v) is 2.07. The molecule has 0 aliphatic heterocycles. The second-order valence-electron chi connectivity index (χ2n) is 3.59. The SMILES string of the molecule is CC(NC(=O)CCCC(=O)O)c1ccsc1. The summed E-state index contributed by atoms with van der Waals surface area (Å²) in [6.45, 7) is 1.91. The number of amides is 1. The Labute approximate surface area is 98.3 Å². The van der Waals surface area contributed by atoms with Crippen LogP contribution in [0.1, 0.15) is 37.8 Å². The minimum absolute atomic E-state index is 0.0106. The highest BCUT2D eigenvalue weighted by atomic mass is 32.1. The summed E-state index contributed by atoms with van der Waals surface area (Å²) in [5, 5.41) is 15.2. The lowest BCUT2D eigenvalue weighted by Gasteiger charge is -2.12. The number of nitrogens with one attached hydrogen (secondary N) is 1. The summed E-state index contributed by atoms with van der Waals surface area (Å²) in [5.74, 6) is -0.960. The summed E-state index contributed by atoms with van der Waals surface area (Å²) in [6, 6.07) is 1.95. The molecule has 1 aromatic rings. The van der Waals surface area contributed by atoms with E-state index in [0.717, 1.165) is 5.56 Å². The van der Waals surface area contributed by atoms with Gasteiger partial charge in [0, 0.05) is 12.8 Å². The second-order valence-corrected chi connectivity index (χ2v) is 4.37. The molecule has 1 atom stereocenters. The number of thiophene rings is 1. The van der Waals surface area contributed by atoms with Gasteiger partial charge in [0.25, 0.3) is 0 Å². The van der Waals surface area contributed by atoms with Crippen LogP contribution in [0.2, 0.25) is 0 Å². The molecule has 16 heavy (non-hydrogen) atoms. The Morgan fingerprint density at radius 3 is 2.81 bits per heavy atom. The first-order valence-corrected chi connectivity index (χ1v) is 6.07. The number of rotatable bonds is 6. The van der Waals surface area contributed by atoms with E-state index >= 15 is 0 Å². The van der Waals surface area contributed by atoms with Gasteiger partial charge in [-0.25, -0.2) is 0 Å². The van der Waals surface area contributed by atoms with Crippen LogP contribution in [0.4, 0.5) is 0 Å². The number of carbonyl (C=O) groups is 2. The molecule has 0 saturated heterocycles. The van der Waals surface area contributed by atoms with Crippen molar-refractivity contribution in [2.75, 3.05) is 0 Å². The first-order chi connectivity index (χ1) is 7.59. The molecule has 1 aromatic heterocycles. The fourth-order valence-electron chi connectivity index (χ4n) is 1.32. The lowest BCUT2D eigenvalue weighted by Crippen LogP contribution is -2.26. The zero-order valence-corrected chi connectivity index (χ0v) is 9.92. The molecule has 5 heteroatoms. The van der Waals surface area contributed by atoms with Crippen LogP contribution in [-0.4, -0.2) is 17.0 Å². The van der Waals surface area contributed by atoms with E-state index < -0.39 is 5.97 Å². The van der Waals surface area contributed by atoms with E-state index in [-0.39, 0.29) is 24.8 Å². The first-order valence-electron chi connectivity index (χ1n) is 5.13. The number of carboxylic acid groups (broad SMARTS) is 1. The molecule has 0 aromatic carbocycles. The molecule has 4 nitrogen and oxygen atoms in total. The Bertz CT molecular complexity index is 348. The van der Waals surface area contributed by atoms with Gasteiger partial charge >= 0.3 is 5.97 Å². The van der Waals surface area contributed by atoms with E-state index in [4.69, 9.17) is 5.11 Å². The van der Waals surface area contributed by atoms with Crippen molar-refractivity contribution in [2.45, 2.75) is 32.2 Å². The van der Waals surface area contributed by atoms with Crippen molar-refractivity contribution in [2.24, 2.45) is 0 Å². The van der Waals surface area contributed by atoms with Crippen LogP contribution in [-0.2, 0) is 9.59 Å². The molecule has 1 rings (SSSR count). The monoisotopic (exact) mass is 241 g/mol. The summed E-state index contributed by atoms with van der Waals surface area (Å²) < 4.78 is 0. The smallest absolute Gasteiger partial charge is 0.303 e. The quantitative estimate of drug-likeness (QED) is 0.802. The Balaban J connectivity index is 2.26. The van der Waals surface area contributed by atoms with Gasteiger partial charge in [-0.1, -0.05) is 0 Å². The molecule has 0 fully saturated rings. The number of carbonyl (C=O) groups excluding carboxylic acids is 1. The standard InChI is InChI=1S/C11H15NO3S/c1-8(9-5-6-16-7-9)12-10(13)3-2-4-11(14)15/h5-8H,2-4H2,1H3,(H,12,13)(H,14,15). The molecule has 1 amide bonds. The average molecular weight is 241 g/mol. The molecule has 0 aliphatic carbocycles. The Kier molecular flexibility index (Phi) is 4.98. The van der Waals surface area contributed by atoms with E-state index in [1.165, 1.54) is 0 Å². The maximum absolute atomic E-state index is 11.4.